The summed E-state index contributed by atoms with van der Waals surface area (Å²) in [6.07, 6.45) is 3.70. The summed E-state index contributed by atoms with van der Waals surface area (Å²) in [5.74, 6) is -0.904. The Morgan fingerprint density at radius 3 is 1.46 bits per heavy atom. The van der Waals surface area contributed by atoms with Crippen LogP contribution >= 0.6 is 7.82 Å². The lowest BCUT2D eigenvalue weighted by molar-refractivity contribution is 0.265. The molecule has 0 aliphatic heterocycles. The number of hydrogen-bond acceptors (Lipinski definition) is 3. The molecule has 0 fully saturated rings. The predicted octanol–water partition coefficient (Wildman–Crippen LogP) is 7.60. The van der Waals surface area contributed by atoms with Crippen LogP contribution in [0.1, 0.15) is 44.5 Å². The van der Waals surface area contributed by atoms with Crippen molar-refractivity contribution in [3.63, 3.8) is 0 Å². The lowest BCUT2D eigenvalue weighted by Crippen LogP contribution is -1.99. The number of phosphoric ester groups is 1. The number of fused-ring (bicyclic) bond motifs is 4. The molecule has 4 aromatic carbocycles. The first-order valence-electron chi connectivity index (χ1n) is 11.7. The molecular formula is C30H21F2O4P. The van der Waals surface area contributed by atoms with Crippen LogP contribution in [0.5, 0.6) is 0 Å². The van der Waals surface area contributed by atoms with Gasteiger partial charge in [-0.2, -0.15) is 0 Å². The van der Waals surface area contributed by atoms with Crippen molar-refractivity contribution in [3.8, 4) is 0 Å². The van der Waals surface area contributed by atoms with Crippen LogP contribution in [0, 0.1) is 11.6 Å². The summed E-state index contributed by atoms with van der Waals surface area (Å²) in [4.78, 5) is 10.9. The molecule has 2 aliphatic rings. The van der Waals surface area contributed by atoms with E-state index in [0.29, 0.717) is 24.0 Å². The first-order valence-corrected chi connectivity index (χ1v) is 13.2. The molecule has 37 heavy (non-hydrogen) atoms. The molecule has 184 valence electrons. The molecule has 0 saturated carbocycles. The van der Waals surface area contributed by atoms with E-state index in [1.165, 1.54) is 24.3 Å². The quantitative estimate of drug-likeness (QED) is 0.285. The van der Waals surface area contributed by atoms with Crippen LogP contribution in [-0.2, 0) is 26.5 Å². The minimum atomic E-state index is -4.81. The fourth-order valence-corrected chi connectivity index (χ4v) is 5.71. The standard InChI is InChI=1S/C30H21F2O4P/c31-27-13-5-9-21-15-19-7-1-3-11-23(19)29(17-25(21)27)35-37(33,34)36-30-18-26-22(10-6-14-28(26)32)16-20-8-2-4-12-24(20)30/h1-14,17-18H,15-16H2,(H,33,34). The van der Waals surface area contributed by atoms with Crippen LogP contribution in [0.2, 0.25) is 0 Å². The van der Waals surface area contributed by atoms with E-state index < -0.39 is 19.5 Å². The monoisotopic (exact) mass is 514 g/mol. The van der Waals surface area contributed by atoms with Crippen molar-refractivity contribution in [2.24, 2.45) is 0 Å². The number of phosphoric acid groups is 1. The van der Waals surface area contributed by atoms with Gasteiger partial charge in [-0.25, -0.2) is 13.3 Å². The molecule has 0 heterocycles. The highest BCUT2D eigenvalue weighted by Gasteiger charge is 2.32. The van der Waals surface area contributed by atoms with Gasteiger partial charge in [-0.05, 0) is 59.4 Å². The molecule has 1 N–H and O–H groups in total. The second-order valence-electron chi connectivity index (χ2n) is 8.96. The van der Waals surface area contributed by atoms with Gasteiger partial charge in [0.1, 0.15) is 23.2 Å². The van der Waals surface area contributed by atoms with Gasteiger partial charge in [0.15, 0.2) is 0 Å². The zero-order valence-corrected chi connectivity index (χ0v) is 20.4. The molecule has 4 aromatic rings. The predicted molar refractivity (Wildman–Crippen MR) is 139 cm³/mol. The summed E-state index contributed by atoms with van der Waals surface area (Å²) < 4.78 is 54.1. The Labute approximate surface area is 212 Å². The van der Waals surface area contributed by atoms with Crippen LogP contribution in [0.25, 0.3) is 23.7 Å². The van der Waals surface area contributed by atoms with Crippen LogP contribution < -0.4 is 0 Å². The summed E-state index contributed by atoms with van der Waals surface area (Å²) in [6, 6.07) is 24.0. The number of halogens is 2. The highest BCUT2D eigenvalue weighted by molar-refractivity contribution is 7.48. The van der Waals surface area contributed by atoms with Gasteiger partial charge < -0.3 is 9.05 Å². The fraction of sp³-hybridized carbons (Fsp3) is 0.0667. The summed E-state index contributed by atoms with van der Waals surface area (Å²) in [5, 5.41) is 0. The fourth-order valence-electron chi connectivity index (χ4n) is 4.87. The van der Waals surface area contributed by atoms with Crippen molar-refractivity contribution < 1.29 is 27.3 Å². The molecule has 0 bridgehead atoms. The van der Waals surface area contributed by atoms with Gasteiger partial charge in [-0.15, -0.1) is 0 Å². The molecule has 0 saturated heterocycles. The maximum atomic E-state index is 14.7. The van der Waals surface area contributed by atoms with Crippen LogP contribution in [-0.4, -0.2) is 4.89 Å². The third kappa shape index (κ3) is 4.50. The molecule has 0 amide bonds. The van der Waals surface area contributed by atoms with E-state index in [0.717, 1.165) is 22.3 Å². The Balaban J connectivity index is 1.42. The first-order chi connectivity index (χ1) is 17.9. The zero-order chi connectivity index (χ0) is 25.6. The van der Waals surface area contributed by atoms with E-state index in [1.807, 2.05) is 36.4 Å². The lowest BCUT2D eigenvalue weighted by Gasteiger charge is -2.19. The van der Waals surface area contributed by atoms with Gasteiger partial charge in [-0.1, -0.05) is 72.8 Å². The van der Waals surface area contributed by atoms with Gasteiger partial charge in [0.05, 0.1) is 0 Å². The third-order valence-corrected chi connectivity index (χ3v) is 7.45. The molecule has 0 spiro atoms. The smallest absolute Gasteiger partial charge is 0.395 e. The average Bonchev–Trinajstić information content (AvgIpc) is 3.13. The second kappa shape index (κ2) is 9.15. The Bertz CT molecular complexity index is 1540. The molecule has 7 heteroatoms. The Morgan fingerprint density at radius 2 is 1.00 bits per heavy atom. The van der Waals surface area contributed by atoms with E-state index in [4.69, 9.17) is 9.05 Å². The maximum absolute atomic E-state index is 14.7. The van der Waals surface area contributed by atoms with Gasteiger partial charge in [0, 0.05) is 22.3 Å². The zero-order valence-electron chi connectivity index (χ0n) is 19.5. The number of benzene rings is 4. The summed E-state index contributed by atoms with van der Waals surface area (Å²) >= 11 is 0. The van der Waals surface area contributed by atoms with Crippen LogP contribution in [0.15, 0.2) is 84.9 Å². The number of rotatable bonds is 4. The number of hydrogen-bond donors (Lipinski definition) is 1. The van der Waals surface area contributed by atoms with Gasteiger partial charge in [-0.3, -0.25) is 4.89 Å². The van der Waals surface area contributed by atoms with Crippen molar-refractivity contribution in [2.75, 3.05) is 0 Å². The van der Waals surface area contributed by atoms with Crippen molar-refractivity contribution in [2.45, 2.75) is 12.8 Å². The normalized spacial score (nSPS) is 14.0. The minimum Gasteiger partial charge on any atom is -0.395 e. The first kappa shape index (κ1) is 23.4. The van der Waals surface area contributed by atoms with E-state index in [9.17, 15) is 18.2 Å². The molecule has 0 atom stereocenters. The van der Waals surface area contributed by atoms with Gasteiger partial charge in [0.25, 0.3) is 0 Å². The van der Waals surface area contributed by atoms with Crippen LogP contribution in [0.4, 0.5) is 8.78 Å². The lowest BCUT2D eigenvalue weighted by atomic mass is 9.99. The summed E-state index contributed by atoms with van der Waals surface area (Å²) in [5.41, 5.74) is 4.76. The molecule has 0 radical (unpaired) electrons. The van der Waals surface area contributed by atoms with Crippen molar-refractivity contribution in [1.82, 2.24) is 0 Å². The van der Waals surface area contributed by atoms with E-state index in [2.05, 4.69) is 0 Å². The van der Waals surface area contributed by atoms with Gasteiger partial charge in [0.2, 0.25) is 0 Å². The largest absolute Gasteiger partial charge is 0.584 e. The molecule has 0 unspecified atom stereocenters. The Hall–Kier alpha value is -3.99. The highest BCUT2D eigenvalue weighted by atomic mass is 31.2. The van der Waals surface area contributed by atoms with Crippen molar-refractivity contribution >= 4 is 31.5 Å². The van der Waals surface area contributed by atoms with Crippen molar-refractivity contribution in [1.29, 1.82) is 0 Å². The van der Waals surface area contributed by atoms with E-state index >= 15 is 0 Å². The highest BCUT2D eigenvalue weighted by Crippen LogP contribution is 2.53. The van der Waals surface area contributed by atoms with Crippen LogP contribution in [0.3, 0.4) is 0 Å². The summed E-state index contributed by atoms with van der Waals surface area (Å²) in [6.45, 7) is 0. The molecular weight excluding hydrogens is 493 g/mol. The molecule has 6 rings (SSSR count). The van der Waals surface area contributed by atoms with Crippen molar-refractivity contribution in [3.05, 3.63) is 141 Å². The van der Waals surface area contributed by atoms with Gasteiger partial charge >= 0.3 is 7.82 Å². The average molecular weight is 514 g/mol. The third-order valence-electron chi connectivity index (χ3n) is 6.59. The topological polar surface area (TPSA) is 55.8 Å². The Kier molecular flexibility index (Phi) is 5.79. The van der Waals surface area contributed by atoms with E-state index in [-0.39, 0.29) is 22.6 Å². The molecule has 0 aromatic heterocycles. The summed E-state index contributed by atoms with van der Waals surface area (Å²) in [7, 11) is -4.81. The maximum Gasteiger partial charge on any atom is 0.584 e. The Morgan fingerprint density at radius 1 is 0.595 bits per heavy atom. The minimum absolute atomic E-state index is 0.0133. The molecule has 4 nitrogen and oxygen atoms in total. The van der Waals surface area contributed by atoms with E-state index in [1.54, 1.807) is 36.4 Å². The SMILES string of the molecule is O=P(O)(OC1=Cc2c(F)cccc2Cc2ccccc21)OC1=Cc2c(F)cccc2Cc2ccccc21. The second-order valence-corrected chi connectivity index (χ2v) is 10.3. The molecule has 2 aliphatic carbocycles.